The van der Waals surface area contributed by atoms with Crippen LogP contribution in [0.5, 0.6) is 0 Å². The zero-order valence-corrected chi connectivity index (χ0v) is 20.2. The second-order valence-electron chi connectivity index (χ2n) is 9.20. The lowest BCUT2D eigenvalue weighted by Crippen LogP contribution is -2.27. The van der Waals surface area contributed by atoms with E-state index in [1.807, 2.05) is 44.4 Å². The number of hydrogen-bond donors (Lipinski definition) is 2. The number of nitrogens with zero attached hydrogens (tertiary/aromatic N) is 3. The summed E-state index contributed by atoms with van der Waals surface area (Å²) in [5, 5.41) is 6.27. The summed E-state index contributed by atoms with van der Waals surface area (Å²) < 4.78 is 7.21. The fraction of sp³-hybridized carbons (Fsp3) is 0.440. The second-order valence-corrected chi connectivity index (χ2v) is 9.20. The maximum atomic E-state index is 12.8. The number of rotatable bonds is 8. The predicted molar refractivity (Wildman–Crippen MR) is 130 cm³/mol. The van der Waals surface area contributed by atoms with Gasteiger partial charge in [0.1, 0.15) is 5.65 Å². The highest BCUT2D eigenvalue weighted by molar-refractivity contribution is 6.07. The van der Waals surface area contributed by atoms with Crippen molar-refractivity contribution in [3.8, 4) is 0 Å². The van der Waals surface area contributed by atoms with E-state index in [-0.39, 0.29) is 23.3 Å². The Bertz CT molecular complexity index is 1130. The molecule has 0 unspecified atom stereocenters. The minimum atomic E-state index is -0.329. The van der Waals surface area contributed by atoms with E-state index in [9.17, 15) is 9.59 Å². The van der Waals surface area contributed by atoms with Crippen LogP contribution in [0.4, 0.5) is 5.95 Å². The number of fused-ring (bicyclic) bond motifs is 1. The first-order valence-electron chi connectivity index (χ1n) is 11.3. The van der Waals surface area contributed by atoms with Crippen molar-refractivity contribution in [3.05, 3.63) is 53.3 Å². The van der Waals surface area contributed by atoms with Gasteiger partial charge in [-0.1, -0.05) is 26.0 Å². The first kappa shape index (κ1) is 24.4. The quantitative estimate of drug-likeness (QED) is 0.497. The van der Waals surface area contributed by atoms with Gasteiger partial charge < -0.3 is 14.6 Å². The summed E-state index contributed by atoms with van der Waals surface area (Å²) in [7, 11) is 0. The van der Waals surface area contributed by atoms with Crippen LogP contribution in [-0.4, -0.2) is 46.1 Å². The monoisotopic (exact) mass is 451 g/mol. The molecule has 0 atom stereocenters. The minimum absolute atomic E-state index is 0.187. The van der Waals surface area contributed by atoms with Crippen molar-refractivity contribution in [2.24, 2.45) is 0 Å². The van der Waals surface area contributed by atoms with Crippen LogP contribution in [0.25, 0.3) is 11.0 Å². The molecule has 8 nitrogen and oxygen atoms in total. The van der Waals surface area contributed by atoms with E-state index in [1.54, 1.807) is 24.5 Å². The van der Waals surface area contributed by atoms with Crippen LogP contribution in [0.3, 0.4) is 0 Å². The van der Waals surface area contributed by atoms with Crippen molar-refractivity contribution < 1.29 is 14.3 Å². The van der Waals surface area contributed by atoms with Crippen molar-refractivity contribution in [2.75, 3.05) is 25.1 Å². The molecule has 0 saturated carbocycles. The maximum absolute atomic E-state index is 12.8. The van der Waals surface area contributed by atoms with Crippen LogP contribution in [0.1, 0.15) is 73.7 Å². The molecule has 0 aliphatic heterocycles. The molecule has 33 heavy (non-hydrogen) atoms. The van der Waals surface area contributed by atoms with E-state index in [2.05, 4.69) is 34.4 Å². The smallest absolute Gasteiger partial charge is 0.258 e. The molecule has 2 N–H and O–H groups in total. The van der Waals surface area contributed by atoms with Gasteiger partial charge in [0, 0.05) is 36.6 Å². The van der Waals surface area contributed by atoms with E-state index in [1.165, 1.54) is 5.56 Å². The highest BCUT2D eigenvalue weighted by Crippen LogP contribution is 2.27. The minimum Gasteiger partial charge on any atom is -0.380 e. The fourth-order valence-electron chi connectivity index (χ4n) is 3.43. The summed E-state index contributed by atoms with van der Waals surface area (Å²) in [6.07, 6.45) is 3.37. The SMILES string of the molecule is CCOCCNC(=O)c1cn(C(C)(C)C)c2nc(NC(=O)c3ccc(C(C)C)cc3)ncc12. The average Bonchev–Trinajstić information content (AvgIpc) is 3.16. The number of nitrogens with one attached hydrogen (secondary N) is 2. The third-order valence-corrected chi connectivity index (χ3v) is 5.31. The van der Waals surface area contributed by atoms with Crippen molar-refractivity contribution in [1.29, 1.82) is 0 Å². The van der Waals surface area contributed by atoms with Gasteiger partial charge in [-0.2, -0.15) is 4.98 Å². The summed E-state index contributed by atoms with van der Waals surface area (Å²) in [6, 6.07) is 7.49. The molecule has 0 aliphatic carbocycles. The summed E-state index contributed by atoms with van der Waals surface area (Å²) in [6.45, 7) is 13.7. The number of carbonyl (C=O) groups excluding carboxylic acids is 2. The fourth-order valence-corrected chi connectivity index (χ4v) is 3.43. The molecule has 0 fully saturated rings. The Morgan fingerprint density at radius 2 is 1.82 bits per heavy atom. The third kappa shape index (κ3) is 5.76. The van der Waals surface area contributed by atoms with E-state index < -0.39 is 0 Å². The number of ether oxygens (including phenoxy) is 1. The molecule has 2 aromatic heterocycles. The second kappa shape index (κ2) is 10.1. The Labute approximate surface area is 194 Å². The number of benzene rings is 1. The molecule has 0 bridgehead atoms. The van der Waals surface area contributed by atoms with Crippen LogP contribution < -0.4 is 10.6 Å². The zero-order valence-electron chi connectivity index (χ0n) is 20.2. The molecule has 0 aliphatic rings. The van der Waals surface area contributed by atoms with Crippen LogP contribution in [-0.2, 0) is 10.3 Å². The Hall–Kier alpha value is -3.26. The van der Waals surface area contributed by atoms with Gasteiger partial charge in [0.2, 0.25) is 5.95 Å². The average molecular weight is 452 g/mol. The molecule has 2 amide bonds. The molecule has 2 heterocycles. The topological polar surface area (TPSA) is 98.1 Å². The number of anilines is 1. The van der Waals surface area contributed by atoms with Gasteiger partial charge in [-0.05, 0) is 51.3 Å². The van der Waals surface area contributed by atoms with Gasteiger partial charge >= 0.3 is 0 Å². The molecule has 3 rings (SSSR count). The summed E-state index contributed by atoms with van der Waals surface area (Å²) in [5.74, 6) is 0.0803. The Kier molecular flexibility index (Phi) is 7.48. The standard InChI is InChI=1S/C25H33N5O3/c1-7-33-13-12-26-23(32)20-15-30(25(4,5)6)21-19(20)14-27-24(28-21)29-22(31)18-10-8-17(9-11-18)16(2)3/h8-11,14-16H,7,12-13H2,1-6H3,(H,26,32)(H,27,28,29,31). The first-order chi connectivity index (χ1) is 15.6. The number of carbonyl (C=O) groups is 2. The highest BCUT2D eigenvalue weighted by Gasteiger charge is 2.23. The van der Waals surface area contributed by atoms with Gasteiger partial charge in [0.15, 0.2) is 0 Å². The first-order valence-corrected chi connectivity index (χ1v) is 11.3. The van der Waals surface area contributed by atoms with Gasteiger partial charge in [0.05, 0.1) is 17.6 Å². The maximum Gasteiger partial charge on any atom is 0.258 e. The number of hydrogen-bond acceptors (Lipinski definition) is 5. The Morgan fingerprint density at radius 3 is 2.42 bits per heavy atom. The van der Waals surface area contributed by atoms with Crippen LogP contribution in [0.2, 0.25) is 0 Å². The van der Waals surface area contributed by atoms with Gasteiger partial charge in [-0.15, -0.1) is 0 Å². The summed E-state index contributed by atoms with van der Waals surface area (Å²) in [4.78, 5) is 34.4. The van der Waals surface area contributed by atoms with Crippen LogP contribution in [0, 0.1) is 0 Å². The largest absolute Gasteiger partial charge is 0.380 e. The third-order valence-electron chi connectivity index (χ3n) is 5.31. The lowest BCUT2D eigenvalue weighted by Gasteiger charge is -2.22. The molecule has 1 aromatic carbocycles. The lowest BCUT2D eigenvalue weighted by atomic mass is 10.0. The molecular weight excluding hydrogens is 418 g/mol. The molecule has 0 spiro atoms. The predicted octanol–water partition coefficient (Wildman–Crippen LogP) is 4.33. The van der Waals surface area contributed by atoms with E-state index in [0.717, 1.165) is 0 Å². The van der Waals surface area contributed by atoms with Crippen LogP contribution in [0.15, 0.2) is 36.7 Å². The van der Waals surface area contributed by atoms with Crippen molar-refractivity contribution in [1.82, 2.24) is 19.9 Å². The normalized spacial score (nSPS) is 11.7. The highest BCUT2D eigenvalue weighted by atomic mass is 16.5. The van der Waals surface area contributed by atoms with Crippen LogP contribution >= 0.6 is 0 Å². The number of amides is 2. The van der Waals surface area contributed by atoms with Crippen molar-refractivity contribution in [3.63, 3.8) is 0 Å². The van der Waals surface area contributed by atoms with E-state index in [4.69, 9.17) is 4.74 Å². The van der Waals surface area contributed by atoms with Crippen molar-refractivity contribution >= 4 is 28.8 Å². The summed E-state index contributed by atoms with van der Waals surface area (Å²) >= 11 is 0. The molecule has 3 aromatic rings. The lowest BCUT2D eigenvalue weighted by molar-refractivity contribution is 0.0923. The molecule has 8 heteroatoms. The molecule has 0 saturated heterocycles. The van der Waals surface area contributed by atoms with E-state index in [0.29, 0.717) is 47.8 Å². The zero-order chi connectivity index (χ0) is 24.2. The Morgan fingerprint density at radius 1 is 1.12 bits per heavy atom. The van der Waals surface area contributed by atoms with Gasteiger partial charge in [-0.3, -0.25) is 14.9 Å². The summed E-state index contributed by atoms with van der Waals surface area (Å²) in [5.41, 5.74) is 2.43. The van der Waals surface area contributed by atoms with E-state index >= 15 is 0 Å². The Balaban J connectivity index is 1.88. The number of aromatic nitrogens is 3. The van der Waals surface area contributed by atoms with Gasteiger partial charge in [-0.25, -0.2) is 4.98 Å². The molecule has 0 radical (unpaired) electrons. The molecule has 176 valence electrons. The molecular formula is C25H33N5O3. The van der Waals surface area contributed by atoms with Crippen molar-refractivity contribution in [2.45, 2.75) is 53.0 Å². The van der Waals surface area contributed by atoms with Gasteiger partial charge in [0.25, 0.3) is 11.8 Å².